The van der Waals surface area contributed by atoms with Crippen molar-refractivity contribution in [2.24, 2.45) is 5.92 Å². The number of halogens is 1. The van der Waals surface area contributed by atoms with Gasteiger partial charge in [0.25, 0.3) is 0 Å². The van der Waals surface area contributed by atoms with E-state index in [0.29, 0.717) is 11.3 Å². The van der Waals surface area contributed by atoms with E-state index in [1.807, 2.05) is 4.68 Å². The molecule has 0 radical (unpaired) electrons. The van der Waals surface area contributed by atoms with Crippen molar-refractivity contribution in [3.8, 4) is 34.4 Å². The van der Waals surface area contributed by atoms with Gasteiger partial charge in [0.15, 0.2) is 17.9 Å². The maximum Gasteiger partial charge on any atom is 0.239 e. The van der Waals surface area contributed by atoms with Crippen molar-refractivity contribution in [3.63, 3.8) is 0 Å². The van der Waals surface area contributed by atoms with Crippen molar-refractivity contribution in [2.75, 3.05) is 13.7 Å². The number of ether oxygens (including phenoxy) is 4. The lowest BCUT2D eigenvalue weighted by atomic mass is 9.72. The first-order valence-corrected chi connectivity index (χ1v) is 23.7. The molecule has 6 atom stereocenters. The lowest BCUT2D eigenvalue weighted by molar-refractivity contribution is -0.256. The molecular weight excluding hydrogens is 986 g/mol. The van der Waals surface area contributed by atoms with Crippen molar-refractivity contribution >= 4 is 23.1 Å². The number of fused-ring (bicyclic) bond motifs is 3. The maximum absolute atomic E-state index is 14.0. The molecule has 0 amide bonds. The summed E-state index contributed by atoms with van der Waals surface area (Å²) in [6.07, 6.45) is 4.91. The number of aliphatic hydroxyl groups excluding tert-OH is 2. The molecule has 1 aliphatic heterocycles. The van der Waals surface area contributed by atoms with Crippen LogP contribution in [0.3, 0.4) is 0 Å². The first-order valence-electron chi connectivity index (χ1n) is 23.7. The van der Waals surface area contributed by atoms with E-state index < -0.39 is 101 Å². The van der Waals surface area contributed by atoms with Crippen LogP contribution in [0.1, 0.15) is 150 Å². The second kappa shape index (κ2) is 23.0. The van der Waals surface area contributed by atoms with Gasteiger partial charge in [0.1, 0.15) is 41.8 Å². The Balaban J connectivity index is 0.00000741. The molecule has 1 fully saturated rings. The number of phenols is 2. The number of methoxy groups -OCH3 is 1. The summed E-state index contributed by atoms with van der Waals surface area (Å²) in [5.74, 6) is -5.09. The molecule has 71 heavy (non-hydrogen) atoms. The Bertz CT molecular complexity index is 2740. The summed E-state index contributed by atoms with van der Waals surface area (Å²) in [6.45, 7) is 3.73. The van der Waals surface area contributed by atoms with Crippen molar-refractivity contribution in [3.05, 3.63) is 93.6 Å². The number of aliphatic hydroxyl groups is 3. The molecule has 0 bridgehead atoms. The summed E-state index contributed by atoms with van der Waals surface area (Å²) in [5.41, 5.74) is -2.68. The molecule has 0 unspecified atom stereocenters. The summed E-state index contributed by atoms with van der Waals surface area (Å²) < 4.78 is 25.5. The third kappa shape index (κ3) is 11.0. The van der Waals surface area contributed by atoms with E-state index in [-0.39, 0.29) is 76.1 Å². The number of carbonyl (C=O) groups excluding carboxylic acids is 4. The lowest BCUT2D eigenvalue weighted by Gasteiger charge is -2.42. The van der Waals surface area contributed by atoms with Gasteiger partial charge in [-0.1, -0.05) is 69.2 Å². The van der Waals surface area contributed by atoms with Crippen LogP contribution >= 0.6 is 0 Å². The number of phenolic OH excluding ortho intramolecular Hbond substituents is 2. The first kappa shape index (κ1) is 52.7. The SMILES string of the molecule is CCCCCCCCCCn1nncc1COc1ccc(-c2nnc(C(=O)C[C@H]3C[C@H](O[C@H]4C[C@](O)(C(=O)CO)Cc5c(O)c6c(c(O)c54)C(=O)c4c(OC)cccc4C6=O)O[C@@H](C)[C@H]3O)nn2)cc1.[Br-]. The zero-order chi connectivity index (χ0) is 49.7. The van der Waals surface area contributed by atoms with E-state index in [0.717, 1.165) is 25.1 Å². The van der Waals surface area contributed by atoms with Crippen LogP contribution in [-0.4, -0.2) is 122 Å². The van der Waals surface area contributed by atoms with Gasteiger partial charge in [0.2, 0.25) is 23.2 Å². The number of aromatic hydroxyl groups is 2. The normalized spacial score (nSPS) is 21.4. The van der Waals surface area contributed by atoms with Gasteiger partial charge in [0.05, 0.1) is 54.0 Å². The van der Waals surface area contributed by atoms with Gasteiger partial charge in [-0.2, -0.15) is 0 Å². The first-order chi connectivity index (χ1) is 33.8. The maximum atomic E-state index is 14.0. The van der Waals surface area contributed by atoms with E-state index in [4.69, 9.17) is 18.9 Å². The van der Waals surface area contributed by atoms with Crippen LogP contribution in [0.2, 0.25) is 0 Å². The topological polar surface area (TPSA) is 289 Å². The predicted molar refractivity (Wildman–Crippen MR) is 246 cm³/mol. The Morgan fingerprint density at radius 3 is 2.28 bits per heavy atom. The van der Waals surface area contributed by atoms with Gasteiger partial charge in [-0.05, 0) is 49.6 Å². The fourth-order valence-corrected chi connectivity index (χ4v) is 9.63. The van der Waals surface area contributed by atoms with Gasteiger partial charge in [0, 0.05) is 54.5 Å². The second-order valence-electron chi connectivity index (χ2n) is 18.2. The molecule has 5 N–H and O–H groups in total. The highest BCUT2D eigenvalue weighted by molar-refractivity contribution is 6.31. The monoisotopic (exact) mass is 1040 g/mol. The predicted octanol–water partition coefficient (Wildman–Crippen LogP) is 2.13. The number of hydrogen-bond acceptors (Lipinski definition) is 19. The van der Waals surface area contributed by atoms with Crippen molar-refractivity contribution in [1.82, 2.24) is 35.4 Å². The summed E-state index contributed by atoms with van der Waals surface area (Å²) in [7, 11) is 1.31. The average molecular weight is 1040 g/mol. The zero-order valence-corrected chi connectivity index (χ0v) is 41.2. The zero-order valence-electron chi connectivity index (χ0n) is 39.6. The molecular formula is C50H57BrN7O13-. The molecule has 2 aromatic heterocycles. The van der Waals surface area contributed by atoms with E-state index in [2.05, 4.69) is 37.6 Å². The standard InChI is InChI=1S/C50H57N7O13.BrH/c1-4-5-6-7-8-9-10-11-19-57-30(24-51-56-57)26-68-31-17-15-28(16-18-31)48-52-54-49(55-53-48)34(59)20-29-21-38(69-27(2)43(29)61)70-36-23-50(66,37(60)25-58)22-33-40(36)47(65)42-41(45(33)63)44(62)32-13-12-14-35(67-3)39(32)46(42)64;/h12-18,24,27,29,36,38,43,58,61,63,65-66H,4-11,19-23,25-26H2,1-3H3;1H/p-1/t27-,29-,36-,38-,43+,50-;/m0./s1. The molecule has 3 heterocycles. The third-order valence-electron chi connectivity index (χ3n) is 13.5. The number of benzene rings is 3. The Morgan fingerprint density at radius 1 is 0.901 bits per heavy atom. The van der Waals surface area contributed by atoms with Gasteiger partial charge < -0.3 is 61.5 Å². The highest BCUT2D eigenvalue weighted by Gasteiger charge is 2.50. The summed E-state index contributed by atoms with van der Waals surface area (Å²) in [4.78, 5) is 54.5. The van der Waals surface area contributed by atoms with E-state index in [1.54, 1.807) is 37.4 Å². The van der Waals surface area contributed by atoms with Gasteiger partial charge >= 0.3 is 0 Å². The third-order valence-corrected chi connectivity index (χ3v) is 13.5. The Morgan fingerprint density at radius 2 is 1.59 bits per heavy atom. The number of nitrogens with zero attached hydrogens (tertiary/aromatic N) is 7. The second-order valence-corrected chi connectivity index (χ2v) is 18.2. The number of carbonyl (C=O) groups is 4. The van der Waals surface area contributed by atoms with Crippen LogP contribution in [-0.2, 0) is 33.8 Å². The lowest BCUT2D eigenvalue weighted by Crippen LogP contribution is -3.00. The highest BCUT2D eigenvalue weighted by Crippen LogP contribution is 2.53. The number of aryl methyl sites for hydroxylation is 1. The van der Waals surface area contributed by atoms with Crippen LogP contribution in [0.5, 0.6) is 23.0 Å². The molecule has 5 aromatic rings. The van der Waals surface area contributed by atoms with E-state index >= 15 is 0 Å². The number of Topliss-reactive ketones (excluding diaryl/α,β-unsaturated/α-hetero) is 2. The smallest absolute Gasteiger partial charge is 0.239 e. The fourth-order valence-electron chi connectivity index (χ4n) is 9.63. The molecule has 20 nitrogen and oxygen atoms in total. The largest absolute Gasteiger partial charge is 1.00 e. The van der Waals surface area contributed by atoms with Crippen LogP contribution in [0, 0.1) is 5.92 Å². The van der Waals surface area contributed by atoms with Crippen molar-refractivity contribution < 1.29 is 80.6 Å². The highest BCUT2D eigenvalue weighted by atomic mass is 79.9. The molecule has 8 rings (SSSR count). The number of rotatable bonds is 21. The molecule has 2 aliphatic carbocycles. The molecule has 3 aromatic carbocycles. The summed E-state index contributed by atoms with van der Waals surface area (Å²) in [5, 5.41) is 80.9. The van der Waals surface area contributed by atoms with Crippen LogP contribution in [0.15, 0.2) is 48.7 Å². The van der Waals surface area contributed by atoms with Crippen LogP contribution in [0.25, 0.3) is 11.4 Å². The number of hydrogen-bond donors (Lipinski definition) is 5. The van der Waals surface area contributed by atoms with Crippen molar-refractivity contribution in [2.45, 2.75) is 134 Å². The van der Waals surface area contributed by atoms with Gasteiger partial charge in [-0.25, -0.2) is 4.68 Å². The molecule has 378 valence electrons. The minimum Gasteiger partial charge on any atom is -1.00 e. The summed E-state index contributed by atoms with van der Waals surface area (Å²) in [6, 6.07) is 11.3. The summed E-state index contributed by atoms with van der Waals surface area (Å²) >= 11 is 0. The molecule has 0 saturated carbocycles. The molecule has 1 saturated heterocycles. The number of ketones is 4. The molecule has 0 spiro atoms. The minimum atomic E-state index is -2.36. The molecule has 21 heteroatoms. The minimum absolute atomic E-state index is 0. The Hall–Kier alpha value is -6.10. The Labute approximate surface area is 419 Å². The quantitative estimate of drug-likeness (QED) is 0.0392. The van der Waals surface area contributed by atoms with E-state index in [1.165, 1.54) is 63.8 Å². The molecule has 3 aliphatic rings. The van der Waals surface area contributed by atoms with Gasteiger partial charge in [-0.15, -0.1) is 25.5 Å². The van der Waals surface area contributed by atoms with Crippen molar-refractivity contribution in [1.29, 1.82) is 0 Å². The average Bonchev–Trinajstić information content (AvgIpc) is 3.82. The number of aromatic nitrogens is 7. The van der Waals surface area contributed by atoms with Crippen LogP contribution < -0.4 is 26.5 Å². The fraction of sp³-hybridized carbons (Fsp3) is 0.480. The Kier molecular flexibility index (Phi) is 17.1. The van der Waals surface area contributed by atoms with Crippen LogP contribution in [0.4, 0.5) is 0 Å². The van der Waals surface area contributed by atoms with E-state index in [9.17, 15) is 44.7 Å². The number of unbranched alkanes of at least 4 members (excludes halogenated alkanes) is 7. The van der Waals surface area contributed by atoms with Gasteiger partial charge in [-0.3, -0.25) is 19.2 Å².